The van der Waals surface area contributed by atoms with Crippen LogP contribution >= 0.6 is 0 Å². The zero-order valence-electron chi connectivity index (χ0n) is 19.4. The van der Waals surface area contributed by atoms with E-state index in [1.165, 1.54) is 11.1 Å². The van der Waals surface area contributed by atoms with Gasteiger partial charge in [0.25, 0.3) is 0 Å². The van der Waals surface area contributed by atoms with Crippen molar-refractivity contribution in [2.45, 2.75) is 32.5 Å². The van der Waals surface area contributed by atoms with Crippen LogP contribution in [0.1, 0.15) is 22.3 Å². The topological polar surface area (TPSA) is 59.1 Å². The lowest BCUT2D eigenvalue weighted by Gasteiger charge is -2.24. The van der Waals surface area contributed by atoms with E-state index in [2.05, 4.69) is 31.2 Å². The van der Waals surface area contributed by atoms with Gasteiger partial charge in [0.1, 0.15) is 13.2 Å². The highest BCUT2D eigenvalue weighted by atomic mass is 16.6. The molecule has 1 atom stereocenters. The number of carbonyl (C=O) groups excluding carboxylic acids is 2. The second-order valence-electron chi connectivity index (χ2n) is 8.51. The summed E-state index contributed by atoms with van der Waals surface area (Å²) in [4.78, 5) is 27.5. The second-order valence-corrected chi connectivity index (χ2v) is 8.51. The number of rotatable bonds is 6. The Morgan fingerprint density at radius 3 is 1.97 bits per heavy atom. The minimum absolute atomic E-state index is 0.00436. The maximum atomic E-state index is 12.3. The monoisotopic (exact) mass is 458 g/mol. The van der Waals surface area contributed by atoms with Crippen molar-refractivity contribution >= 4 is 12.2 Å². The Kier molecular flexibility index (Phi) is 7.81. The first-order valence-corrected chi connectivity index (χ1v) is 11.6. The predicted octanol–water partition coefficient (Wildman–Crippen LogP) is 5.20. The molecule has 6 heteroatoms. The van der Waals surface area contributed by atoms with Crippen molar-refractivity contribution in [3.63, 3.8) is 0 Å². The first kappa shape index (κ1) is 23.4. The molecule has 2 fully saturated rings. The molecule has 0 aliphatic carbocycles. The van der Waals surface area contributed by atoms with Gasteiger partial charge in [-0.15, -0.1) is 0 Å². The van der Waals surface area contributed by atoms with Crippen molar-refractivity contribution in [1.82, 2.24) is 9.80 Å². The van der Waals surface area contributed by atoms with E-state index in [1.54, 1.807) is 9.80 Å². The summed E-state index contributed by atoms with van der Waals surface area (Å²) in [6.07, 6.45) is 0.186. The van der Waals surface area contributed by atoms with Gasteiger partial charge in [-0.05, 0) is 30.0 Å². The Bertz CT molecular complexity index is 1090. The number of hydrogen-bond donors (Lipinski definition) is 0. The Morgan fingerprint density at radius 1 is 0.765 bits per heavy atom. The standard InChI is InChI=1S/C21H22N2O4.C7H8/c24-20-22(10-11-26-20)13-17-8-4-5-9-18(17)14-23-19(15-27-21(23)25)12-16-6-2-1-3-7-16;1-7-5-3-2-4-6-7/h1-9,19H,10-15H2;2-6H,1H3. The van der Waals surface area contributed by atoms with Gasteiger partial charge in [0, 0.05) is 13.1 Å². The van der Waals surface area contributed by atoms with Crippen molar-refractivity contribution in [3.05, 3.63) is 107 Å². The van der Waals surface area contributed by atoms with Gasteiger partial charge in [0.05, 0.1) is 12.6 Å². The van der Waals surface area contributed by atoms with Crippen LogP contribution in [0.25, 0.3) is 0 Å². The molecule has 1 unspecified atom stereocenters. The first-order valence-electron chi connectivity index (χ1n) is 11.6. The average Bonchev–Trinajstić information content (AvgIpc) is 3.42. The van der Waals surface area contributed by atoms with E-state index in [0.717, 1.165) is 17.5 Å². The minimum atomic E-state index is -0.286. The zero-order valence-corrected chi connectivity index (χ0v) is 19.4. The molecule has 0 spiro atoms. The largest absolute Gasteiger partial charge is 0.448 e. The van der Waals surface area contributed by atoms with Crippen molar-refractivity contribution < 1.29 is 19.1 Å². The van der Waals surface area contributed by atoms with Gasteiger partial charge in [0.15, 0.2) is 0 Å². The van der Waals surface area contributed by atoms with Crippen LogP contribution in [0.3, 0.4) is 0 Å². The highest BCUT2D eigenvalue weighted by molar-refractivity contribution is 5.70. The summed E-state index contributed by atoms with van der Waals surface area (Å²) >= 11 is 0. The molecule has 6 nitrogen and oxygen atoms in total. The fourth-order valence-electron chi connectivity index (χ4n) is 4.10. The van der Waals surface area contributed by atoms with E-state index in [9.17, 15) is 9.59 Å². The van der Waals surface area contributed by atoms with Crippen LogP contribution in [-0.2, 0) is 29.0 Å². The SMILES string of the molecule is Cc1ccccc1.O=C1OCCN1Cc1ccccc1CN1C(=O)OCC1Cc1ccccc1. The normalized spacial score (nSPS) is 17.1. The van der Waals surface area contributed by atoms with Gasteiger partial charge in [-0.2, -0.15) is 0 Å². The summed E-state index contributed by atoms with van der Waals surface area (Å²) < 4.78 is 10.3. The molecule has 0 N–H and O–H groups in total. The highest BCUT2D eigenvalue weighted by Gasteiger charge is 2.33. The molecular formula is C28H30N2O4. The van der Waals surface area contributed by atoms with Crippen molar-refractivity contribution in [2.75, 3.05) is 19.8 Å². The molecule has 0 saturated carbocycles. The lowest BCUT2D eigenvalue weighted by Crippen LogP contribution is -2.35. The molecule has 3 aromatic carbocycles. The molecule has 34 heavy (non-hydrogen) atoms. The Hall–Kier alpha value is -3.80. The number of benzene rings is 3. The van der Waals surface area contributed by atoms with Gasteiger partial charge in [-0.25, -0.2) is 9.59 Å². The molecule has 0 bridgehead atoms. The van der Waals surface area contributed by atoms with E-state index in [0.29, 0.717) is 32.8 Å². The van der Waals surface area contributed by atoms with Crippen molar-refractivity contribution in [2.24, 2.45) is 0 Å². The van der Waals surface area contributed by atoms with Crippen LogP contribution in [0.15, 0.2) is 84.9 Å². The summed E-state index contributed by atoms with van der Waals surface area (Å²) in [6.45, 7) is 4.46. The highest BCUT2D eigenvalue weighted by Crippen LogP contribution is 2.23. The number of ether oxygens (including phenoxy) is 2. The van der Waals surface area contributed by atoms with Crippen LogP contribution in [0.2, 0.25) is 0 Å². The first-order chi connectivity index (χ1) is 16.6. The molecule has 3 aromatic rings. The molecule has 2 saturated heterocycles. The van der Waals surface area contributed by atoms with Crippen LogP contribution in [0.5, 0.6) is 0 Å². The number of hydrogen-bond acceptors (Lipinski definition) is 4. The number of aryl methyl sites for hydroxylation is 1. The maximum absolute atomic E-state index is 12.3. The van der Waals surface area contributed by atoms with Gasteiger partial charge >= 0.3 is 12.2 Å². The summed E-state index contributed by atoms with van der Waals surface area (Å²) in [5, 5.41) is 0. The van der Waals surface area contributed by atoms with Gasteiger partial charge in [-0.1, -0.05) is 90.5 Å². The predicted molar refractivity (Wildman–Crippen MR) is 130 cm³/mol. The Balaban J connectivity index is 0.000000336. The Labute approximate surface area is 200 Å². The molecule has 0 aromatic heterocycles. The zero-order chi connectivity index (χ0) is 23.8. The van der Waals surface area contributed by atoms with Crippen LogP contribution in [0.4, 0.5) is 9.59 Å². The van der Waals surface area contributed by atoms with Crippen LogP contribution in [0, 0.1) is 6.92 Å². The van der Waals surface area contributed by atoms with Crippen LogP contribution in [-0.4, -0.2) is 47.8 Å². The molecule has 176 valence electrons. The minimum Gasteiger partial charge on any atom is -0.448 e. The van der Waals surface area contributed by atoms with E-state index < -0.39 is 0 Å². The van der Waals surface area contributed by atoms with E-state index in [-0.39, 0.29) is 18.2 Å². The third-order valence-corrected chi connectivity index (χ3v) is 5.99. The maximum Gasteiger partial charge on any atom is 0.410 e. The summed E-state index contributed by atoms with van der Waals surface area (Å²) in [5.74, 6) is 0. The lowest BCUT2D eigenvalue weighted by molar-refractivity contribution is 0.154. The second kappa shape index (κ2) is 11.4. The molecule has 2 aliphatic heterocycles. The molecule has 5 rings (SSSR count). The fourth-order valence-corrected chi connectivity index (χ4v) is 4.10. The Morgan fingerprint density at radius 2 is 1.38 bits per heavy atom. The van der Waals surface area contributed by atoms with Gasteiger partial charge < -0.3 is 14.4 Å². The van der Waals surface area contributed by atoms with E-state index in [4.69, 9.17) is 9.47 Å². The quantitative estimate of drug-likeness (QED) is 0.510. The number of nitrogens with zero attached hydrogens (tertiary/aromatic N) is 2. The molecule has 2 aliphatic rings. The summed E-state index contributed by atoms with van der Waals surface area (Å²) in [6, 6.07) is 28.3. The molecule has 0 radical (unpaired) electrons. The number of carbonyl (C=O) groups is 2. The van der Waals surface area contributed by atoms with Gasteiger partial charge in [-0.3, -0.25) is 4.90 Å². The van der Waals surface area contributed by atoms with Crippen molar-refractivity contribution in [1.29, 1.82) is 0 Å². The van der Waals surface area contributed by atoms with Crippen LogP contribution < -0.4 is 0 Å². The van der Waals surface area contributed by atoms with Gasteiger partial charge in [0.2, 0.25) is 0 Å². The van der Waals surface area contributed by atoms with E-state index in [1.807, 2.05) is 60.7 Å². The smallest absolute Gasteiger partial charge is 0.410 e. The third kappa shape index (κ3) is 6.16. The summed E-state index contributed by atoms with van der Waals surface area (Å²) in [7, 11) is 0. The fraction of sp³-hybridized carbons (Fsp3) is 0.286. The molecule has 2 amide bonds. The number of amides is 2. The average molecular weight is 459 g/mol. The van der Waals surface area contributed by atoms with E-state index >= 15 is 0 Å². The third-order valence-electron chi connectivity index (χ3n) is 5.99. The number of cyclic esters (lactones) is 2. The lowest BCUT2D eigenvalue weighted by atomic mass is 10.0. The molecular weight excluding hydrogens is 428 g/mol. The van der Waals surface area contributed by atoms with Crippen molar-refractivity contribution in [3.8, 4) is 0 Å². The summed E-state index contributed by atoms with van der Waals surface area (Å²) in [5.41, 5.74) is 4.55. The molecule has 2 heterocycles.